The van der Waals surface area contributed by atoms with E-state index in [2.05, 4.69) is 68.4 Å². The maximum atomic E-state index is 12.4. The Labute approximate surface area is 202 Å². The van der Waals surface area contributed by atoms with E-state index in [4.69, 9.17) is 0 Å². The first kappa shape index (κ1) is 23.2. The molecule has 8 heteroatoms. The highest BCUT2D eigenvalue weighted by Gasteiger charge is 2.19. The first-order valence-corrected chi connectivity index (χ1v) is 12.6. The predicted octanol–water partition coefficient (Wildman–Crippen LogP) is 5.44. The molecular weight excluding hydrogens is 450 g/mol. The minimum absolute atomic E-state index is 0.150. The summed E-state index contributed by atoms with van der Waals surface area (Å²) in [5, 5.41) is 15.4. The Morgan fingerprint density at radius 1 is 1.06 bits per heavy atom. The van der Waals surface area contributed by atoms with E-state index in [1.807, 2.05) is 44.4 Å². The Morgan fingerprint density at radius 3 is 2.48 bits per heavy atom. The minimum atomic E-state index is -0.296. The van der Waals surface area contributed by atoms with Gasteiger partial charge >= 0.3 is 0 Å². The maximum absolute atomic E-state index is 12.4. The van der Waals surface area contributed by atoms with Gasteiger partial charge in [-0.25, -0.2) is 4.98 Å². The smallest absolute Gasteiger partial charge is 0.271 e. The van der Waals surface area contributed by atoms with Gasteiger partial charge in [0.05, 0.1) is 5.75 Å². The van der Waals surface area contributed by atoms with Gasteiger partial charge in [-0.3, -0.25) is 9.36 Å². The standard InChI is InChI=1S/C25H27N5OS2/c1-17-10-12-19(13-11-17)30-21(14-18-8-6-5-7-9-18)28-29-24(30)33-16-22-26-20(15-32-22)23(31)27-25(2,3)4/h5-13,15H,14,16H2,1-4H3,(H,27,31). The highest BCUT2D eigenvalue weighted by atomic mass is 32.2. The van der Waals surface area contributed by atoms with E-state index in [1.165, 1.54) is 22.5 Å². The van der Waals surface area contributed by atoms with E-state index in [0.29, 0.717) is 17.9 Å². The summed E-state index contributed by atoms with van der Waals surface area (Å²) >= 11 is 3.06. The number of carbonyl (C=O) groups is 1. The molecule has 2 aromatic carbocycles. The van der Waals surface area contributed by atoms with Crippen LogP contribution in [0.2, 0.25) is 0 Å². The van der Waals surface area contributed by atoms with E-state index in [-0.39, 0.29) is 11.4 Å². The molecule has 2 aromatic heterocycles. The Hall–Kier alpha value is -2.97. The molecule has 0 radical (unpaired) electrons. The molecule has 2 heterocycles. The van der Waals surface area contributed by atoms with Crippen molar-refractivity contribution in [2.24, 2.45) is 0 Å². The van der Waals surface area contributed by atoms with Crippen LogP contribution in [-0.2, 0) is 12.2 Å². The highest BCUT2D eigenvalue weighted by molar-refractivity contribution is 7.98. The van der Waals surface area contributed by atoms with Crippen LogP contribution in [0.15, 0.2) is 65.1 Å². The quantitative estimate of drug-likeness (QED) is 0.359. The van der Waals surface area contributed by atoms with E-state index in [0.717, 1.165) is 21.7 Å². The van der Waals surface area contributed by atoms with Crippen LogP contribution < -0.4 is 5.32 Å². The van der Waals surface area contributed by atoms with Crippen molar-refractivity contribution in [3.8, 4) is 5.69 Å². The first-order valence-electron chi connectivity index (χ1n) is 10.7. The van der Waals surface area contributed by atoms with Gasteiger partial charge in [-0.05, 0) is 45.4 Å². The molecule has 4 rings (SSSR count). The zero-order valence-electron chi connectivity index (χ0n) is 19.2. The lowest BCUT2D eigenvalue weighted by Crippen LogP contribution is -2.40. The minimum Gasteiger partial charge on any atom is -0.346 e. The van der Waals surface area contributed by atoms with Gasteiger partial charge in [0.1, 0.15) is 16.5 Å². The molecule has 33 heavy (non-hydrogen) atoms. The van der Waals surface area contributed by atoms with Gasteiger partial charge in [0.2, 0.25) is 0 Å². The number of hydrogen-bond donors (Lipinski definition) is 1. The molecular formula is C25H27N5OS2. The number of nitrogens with one attached hydrogen (secondary N) is 1. The lowest BCUT2D eigenvalue weighted by molar-refractivity contribution is 0.0915. The number of rotatable bonds is 7. The van der Waals surface area contributed by atoms with Gasteiger partial charge in [0.25, 0.3) is 5.91 Å². The largest absolute Gasteiger partial charge is 0.346 e. The van der Waals surface area contributed by atoms with Crippen LogP contribution in [0.5, 0.6) is 0 Å². The van der Waals surface area contributed by atoms with Crippen molar-refractivity contribution in [1.82, 2.24) is 25.1 Å². The Kier molecular flexibility index (Phi) is 6.95. The van der Waals surface area contributed by atoms with Crippen molar-refractivity contribution in [1.29, 1.82) is 0 Å². The van der Waals surface area contributed by atoms with E-state index in [1.54, 1.807) is 11.8 Å². The second-order valence-corrected chi connectivity index (χ2v) is 10.7. The fourth-order valence-corrected chi connectivity index (χ4v) is 5.02. The van der Waals surface area contributed by atoms with Crippen LogP contribution in [0.3, 0.4) is 0 Å². The Balaban J connectivity index is 1.55. The molecule has 1 N–H and O–H groups in total. The number of benzene rings is 2. The normalized spacial score (nSPS) is 11.5. The van der Waals surface area contributed by atoms with Crippen molar-refractivity contribution in [3.05, 3.63) is 87.6 Å². The molecule has 0 saturated heterocycles. The molecule has 0 aliphatic heterocycles. The summed E-state index contributed by atoms with van der Waals surface area (Å²) in [6.07, 6.45) is 0.691. The zero-order valence-corrected chi connectivity index (χ0v) is 20.8. The van der Waals surface area contributed by atoms with E-state index < -0.39 is 0 Å². The average Bonchev–Trinajstić information content (AvgIpc) is 3.40. The first-order chi connectivity index (χ1) is 15.8. The maximum Gasteiger partial charge on any atom is 0.271 e. The number of nitrogens with zero attached hydrogens (tertiary/aromatic N) is 4. The van der Waals surface area contributed by atoms with Crippen LogP contribution in [0.25, 0.3) is 5.69 Å². The van der Waals surface area contributed by atoms with Crippen molar-refractivity contribution in [2.45, 2.75) is 50.6 Å². The molecule has 0 atom stereocenters. The van der Waals surface area contributed by atoms with Gasteiger partial charge in [0.15, 0.2) is 5.16 Å². The summed E-state index contributed by atoms with van der Waals surface area (Å²) in [6, 6.07) is 18.7. The third kappa shape index (κ3) is 6.09. The molecule has 0 bridgehead atoms. The number of carbonyl (C=O) groups excluding carboxylic acids is 1. The van der Waals surface area contributed by atoms with Gasteiger partial charge in [0, 0.05) is 23.0 Å². The Morgan fingerprint density at radius 2 is 1.79 bits per heavy atom. The number of thiazole rings is 1. The average molecular weight is 478 g/mol. The molecule has 170 valence electrons. The van der Waals surface area contributed by atoms with Crippen LogP contribution in [0, 0.1) is 6.92 Å². The third-order valence-electron chi connectivity index (χ3n) is 4.80. The number of aryl methyl sites for hydroxylation is 1. The zero-order chi connectivity index (χ0) is 23.4. The molecule has 0 aliphatic carbocycles. The Bertz CT molecular complexity index is 1220. The van der Waals surface area contributed by atoms with E-state index in [9.17, 15) is 4.79 Å². The van der Waals surface area contributed by atoms with Gasteiger partial charge < -0.3 is 5.32 Å². The second kappa shape index (κ2) is 9.89. The summed E-state index contributed by atoms with van der Waals surface area (Å²) in [4.78, 5) is 16.9. The number of amides is 1. The summed E-state index contributed by atoms with van der Waals surface area (Å²) < 4.78 is 2.11. The number of thioether (sulfide) groups is 1. The molecule has 0 fully saturated rings. The summed E-state index contributed by atoms with van der Waals surface area (Å²) in [7, 11) is 0. The van der Waals surface area contributed by atoms with Gasteiger partial charge in [-0.2, -0.15) is 0 Å². The lowest BCUT2D eigenvalue weighted by Gasteiger charge is -2.19. The van der Waals surface area contributed by atoms with Crippen molar-refractivity contribution < 1.29 is 4.79 Å². The second-order valence-electron chi connectivity index (χ2n) is 8.85. The van der Waals surface area contributed by atoms with Gasteiger partial charge in [-0.15, -0.1) is 21.5 Å². The van der Waals surface area contributed by atoms with Crippen molar-refractivity contribution in [3.63, 3.8) is 0 Å². The summed E-state index contributed by atoms with van der Waals surface area (Å²) in [5.74, 6) is 1.35. The lowest BCUT2D eigenvalue weighted by atomic mass is 10.1. The number of hydrogen-bond acceptors (Lipinski definition) is 6. The fraction of sp³-hybridized carbons (Fsp3) is 0.280. The van der Waals surface area contributed by atoms with Crippen molar-refractivity contribution >= 4 is 29.0 Å². The SMILES string of the molecule is Cc1ccc(-n2c(Cc3ccccc3)nnc2SCc2nc(C(=O)NC(C)(C)C)cs2)cc1. The highest BCUT2D eigenvalue weighted by Crippen LogP contribution is 2.27. The topological polar surface area (TPSA) is 72.7 Å². The van der Waals surface area contributed by atoms with Gasteiger partial charge in [-0.1, -0.05) is 59.8 Å². The fourth-order valence-electron chi connectivity index (χ4n) is 3.25. The molecule has 0 aliphatic rings. The molecule has 0 spiro atoms. The molecule has 1 amide bonds. The van der Waals surface area contributed by atoms with E-state index >= 15 is 0 Å². The summed E-state index contributed by atoms with van der Waals surface area (Å²) in [5.41, 5.74) is 3.58. The van der Waals surface area contributed by atoms with Crippen LogP contribution >= 0.6 is 23.1 Å². The molecule has 0 saturated carbocycles. The third-order valence-corrected chi connectivity index (χ3v) is 6.77. The van der Waals surface area contributed by atoms with Crippen LogP contribution in [0.1, 0.15) is 53.2 Å². The number of aromatic nitrogens is 4. The molecule has 0 unspecified atom stereocenters. The summed E-state index contributed by atoms with van der Waals surface area (Å²) in [6.45, 7) is 7.95. The van der Waals surface area contributed by atoms with Crippen LogP contribution in [-0.4, -0.2) is 31.2 Å². The van der Waals surface area contributed by atoms with Crippen molar-refractivity contribution in [2.75, 3.05) is 0 Å². The monoisotopic (exact) mass is 477 g/mol. The molecule has 4 aromatic rings. The molecule has 6 nitrogen and oxygen atoms in total. The predicted molar refractivity (Wildman–Crippen MR) is 134 cm³/mol. The van der Waals surface area contributed by atoms with Crippen LogP contribution in [0.4, 0.5) is 0 Å².